The van der Waals surface area contributed by atoms with Gasteiger partial charge in [0.1, 0.15) is 0 Å². The van der Waals surface area contributed by atoms with Gasteiger partial charge in [-0.25, -0.2) is 4.39 Å². The van der Waals surface area contributed by atoms with Crippen LogP contribution >= 0.6 is 0 Å². The molecule has 0 heterocycles. The molecule has 1 aliphatic carbocycles. The number of unbranched alkanes of at least 4 members (excludes halogenated alkanes) is 7. The van der Waals surface area contributed by atoms with Crippen LogP contribution in [0.15, 0.2) is 36.4 Å². The van der Waals surface area contributed by atoms with Gasteiger partial charge in [0.2, 0.25) is 5.82 Å². The molecule has 3 rings (SSSR count). The Hall–Kier alpha value is -1.90. The van der Waals surface area contributed by atoms with Gasteiger partial charge in [0.25, 0.3) is 0 Å². The highest BCUT2D eigenvalue weighted by molar-refractivity contribution is 5.65. The van der Waals surface area contributed by atoms with Gasteiger partial charge >= 0.3 is 0 Å². The maximum Gasteiger partial charge on any atom is 0.201 e. The molecule has 0 spiro atoms. The van der Waals surface area contributed by atoms with Gasteiger partial charge in [-0.2, -0.15) is 4.39 Å². The molecule has 1 aliphatic rings. The summed E-state index contributed by atoms with van der Waals surface area (Å²) in [4.78, 5) is 0. The highest BCUT2D eigenvalue weighted by Crippen LogP contribution is 2.32. The third kappa shape index (κ3) is 8.40. The van der Waals surface area contributed by atoms with Crippen molar-refractivity contribution in [2.75, 3.05) is 6.61 Å². The fraction of sp³-hybridized carbons (Fsp3) is 0.613. The van der Waals surface area contributed by atoms with Crippen LogP contribution < -0.4 is 4.74 Å². The second-order valence-corrected chi connectivity index (χ2v) is 10.4. The zero-order chi connectivity index (χ0) is 24.2. The molecule has 0 amide bonds. The lowest BCUT2D eigenvalue weighted by molar-refractivity contribution is 0.278. The van der Waals surface area contributed by atoms with E-state index in [1.54, 1.807) is 12.1 Å². The molecule has 3 heteroatoms. The van der Waals surface area contributed by atoms with Crippen LogP contribution in [0.25, 0.3) is 11.1 Å². The molecular weight excluding hydrogens is 426 g/mol. The van der Waals surface area contributed by atoms with E-state index in [1.807, 2.05) is 12.1 Å². The number of benzene rings is 2. The van der Waals surface area contributed by atoms with E-state index in [2.05, 4.69) is 26.0 Å². The molecule has 2 aromatic carbocycles. The zero-order valence-electron chi connectivity index (χ0n) is 21.4. The summed E-state index contributed by atoms with van der Waals surface area (Å²) >= 11 is 0. The summed E-state index contributed by atoms with van der Waals surface area (Å²) in [5.41, 5.74) is 2.28. The van der Waals surface area contributed by atoms with Gasteiger partial charge in [-0.05, 0) is 54.4 Å². The Morgan fingerprint density at radius 3 is 2.09 bits per heavy atom. The smallest absolute Gasteiger partial charge is 0.201 e. The van der Waals surface area contributed by atoms with Crippen molar-refractivity contribution in [1.29, 1.82) is 0 Å². The molecule has 188 valence electrons. The summed E-state index contributed by atoms with van der Waals surface area (Å²) in [5, 5.41) is 0. The molecule has 0 aliphatic heterocycles. The molecule has 2 aromatic rings. The molecule has 0 aromatic heterocycles. The largest absolute Gasteiger partial charge is 0.490 e. The van der Waals surface area contributed by atoms with E-state index < -0.39 is 11.6 Å². The minimum Gasteiger partial charge on any atom is -0.490 e. The summed E-state index contributed by atoms with van der Waals surface area (Å²) in [6, 6.07) is 11.2. The van der Waals surface area contributed by atoms with Crippen molar-refractivity contribution in [3.63, 3.8) is 0 Å². The van der Waals surface area contributed by atoms with Crippen molar-refractivity contribution in [1.82, 2.24) is 0 Å². The topological polar surface area (TPSA) is 9.23 Å². The SMILES string of the molecule is CCCCCCCCCCOc1ccc(-c2ccc(CCC3CCC(C)CC3)cc2)c(F)c1F. The first-order valence-electron chi connectivity index (χ1n) is 13.8. The first-order valence-corrected chi connectivity index (χ1v) is 13.8. The Labute approximate surface area is 206 Å². The molecule has 0 unspecified atom stereocenters. The van der Waals surface area contributed by atoms with E-state index in [-0.39, 0.29) is 5.75 Å². The second kappa shape index (κ2) is 14.5. The maximum absolute atomic E-state index is 14.8. The van der Waals surface area contributed by atoms with Crippen molar-refractivity contribution in [3.05, 3.63) is 53.6 Å². The van der Waals surface area contributed by atoms with Crippen molar-refractivity contribution in [2.45, 2.75) is 104 Å². The molecule has 0 saturated heterocycles. The van der Waals surface area contributed by atoms with E-state index in [4.69, 9.17) is 4.74 Å². The number of hydrogen-bond donors (Lipinski definition) is 0. The van der Waals surface area contributed by atoms with E-state index >= 15 is 0 Å². The lowest BCUT2D eigenvalue weighted by Gasteiger charge is -2.26. The highest BCUT2D eigenvalue weighted by atomic mass is 19.2. The third-order valence-electron chi connectivity index (χ3n) is 7.54. The quantitative estimate of drug-likeness (QED) is 0.250. The maximum atomic E-state index is 14.8. The second-order valence-electron chi connectivity index (χ2n) is 10.4. The molecule has 1 saturated carbocycles. The average Bonchev–Trinajstić information content (AvgIpc) is 2.85. The van der Waals surface area contributed by atoms with Gasteiger partial charge in [0.15, 0.2) is 11.6 Å². The lowest BCUT2D eigenvalue weighted by Crippen LogP contribution is -2.12. The van der Waals surface area contributed by atoms with Crippen molar-refractivity contribution < 1.29 is 13.5 Å². The monoisotopic (exact) mass is 470 g/mol. The number of rotatable bonds is 14. The fourth-order valence-electron chi connectivity index (χ4n) is 5.12. The highest BCUT2D eigenvalue weighted by Gasteiger charge is 2.18. The molecule has 0 atom stereocenters. The predicted octanol–water partition coefficient (Wildman–Crippen LogP) is 9.91. The van der Waals surface area contributed by atoms with Crippen LogP contribution in [0.3, 0.4) is 0 Å². The van der Waals surface area contributed by atoms with Crippen LogP contribution in [0, 0.1) is 23.5 Å². The van der Waals surface area contributed by atoms with E-state index in [9.17, 15) is 8.78 Å². The number of hydrogen-bond acceptors (Lipinski definition) is 1. The summed E-state index contributed by atoms with van der Waals surface area (Å²) in [5.74, 6) is 0.0289. The molecule has 1 fully saturated rings. The molecule has 1 nitrogen and oxygen atoms in total. The van der Waals surface area contributed by atoms with Crippen molar-refractivity contribution >= 4 is 0 Å². The summed E-state index contributed by atoms with van der Waals surface area (Å²) in [7, 11) is 0. The normalized spacial score (nSPS) is 18.2. The van der Waals surface area contributed by atoms with Crippen LogP contribution in [0.5, 0.6) is 5.75 Å². The lowest BCUT2D eigenvalue weighted by atomic mass is 9.80. The third-order valence-corrected chi connectivity index (χ3v) is 7.54. The van der Waals surface area contributed by atoms with E-state index in [1.165, 1.54) is 76.2 Å². The Morgan fingerprint density at radius 1 is 0.765 bits per heavy atom. The van der Waals surface area contributed by atoms with Crippen molar-refractivity contribution in [3.8, 4) is 16.9 Å². The van der Waals surface area contributed by atoms with Crippen LogP contribution in [-0.4, -0.2) is 6.61 Å². The van der Waals surface area contributed by atoms with Gasteiger partial charge in [-0.3, -0.25) is 0 Å². The van der Waals surface area contributed by atoms with Crippen molar-refractivity contribution in [2.24, 2.45) is 11.8 Å². The number of aryl methyl sites for hydroxylation is 1. The van der Waals surface area contributed by atoms with Crippen LogP contribution in [0.4, 0.5) is 8.78 Å². The summed E-state index contributed by atoms with van der Waals surface area (Å²) < 4.78 is 35.0. The molecule has 0 bridgehead atoms. The molecule has 0 radical (unpaired) electrons. The Kier molecular flexibility index (Phi) is 11.4. The Morgan fingerprint density at radius 2 is 1.41 bits per heavy atom. The minimum atomic E-state index is -0.882. The Balaban J connectivity index is 1.44. The van der Waals surface area contributed by atoms with Gasteiger partial charge in [0, 0.05) is 5.56 Å². The average molecular weight is 471 g/mol. The molecule has 34 heavy (non-hydrogen) atoms. The molecular formula is C31H44F2O. The predicted molar refractivity (Wildman–Crippen MR) is 139 cm³/mol. The van der Waals surface area contributed by atoms with Gasteiger partial charge in [-0.15, -0.1) is 0 Å². The molecule has 0 N–H and O–H groups in total. The van der Waals surface area contributed by atoms with Gasteiger partial charge in [-0.1, -0.05) is 109 Å². The summed E-state index contributed by atoms with van der Waals surface area (Å²) in [6.45, 7) is 5.01. The van der Waals surface area contributed by atoms with Gasteiger partial charge in [0.05, 0.1) is 6.61 Å². The van der Waals surface area contributed by atoms with E-state index in [0.717, 1.165) is 31.1 Å². The van der Waals surface area contributed by atoms with Gasteiger partial charge < -0.3 is 4.74 Å². The standard InChI is InChI=1S/C31H44F2O/c1-3-4-5-6-7-8-9-10-23-34-29-22-21-28(30(32)31(29)33)27-19-17-26(18-20-27)16-15-25-13-11-24(2)12-14-25/h17-22,24-25H,3-16,23H2,1-2H3. The van der Waals surface area contributed by atoms with Crippen LogP contribution in [0.1, 0.15) is 103 Å². The van der Waals surface area contributed by atoms with Crippen LogP contribution in [-0.2, 0) is 6.42 Å². The fourth-order valence-corrected chi connectivity index (χ4v) is 5.12. The zero-order valence-corrected chi connectivity index (χ0v) is 21.4. The number of halogens is 2. The first-order chi connectivity index (χ1) is 16.6. The Bertz CT molecular complexity index is 837. The van der Waals surface area contributed by atoms with Crippen LogP contribution in [0.2, 0.25) is 0 Å². The summed E-state index contributed by atoms with van der Waals surface area (Å²) in [6.07, 6.45) is 17.2. The first kappa shape index (κ1) is 26.7. The van der Waals surface area contributed by atoms with E-state index in [0.29, 0.717) is 17.7 Å². The number of ether oxygens (including phenoxy) is 1. The minimum absolute atomic E-state index is 0.0163.